The molecule has 0 N–H and O–H groups in total. The van der Waals surface area contributed by atoms with Crippen LogP contribution in [0, 0.1) is 56.3 Å². The quantitative estimate of drug-likeness (QED) is 0.383. The average molecular weight is 607 g/mol. The van der Waals surface area contributed by atoms with Gasteiger partial charge in [-0.3, -0.25) is 6.29 Å². The Labute approximate surface area is 135 Å². The van der Waals surface area contributed by atoms with Crippen molar-refractivity contribution in [3.05, 3.63) is 14.4 Å². The zero-order valence-electron chi connectivity index (χ0n) is 11.2. The maximum Gasteiger partial charge on any atom is 2.00 e. The SMILES string of the molecule is CC(C)(C)[C-]=O.[CH2-]CC(C)(C)C.[CH3-].[U+2].[W]. The van der Waals surface area contributed by atoms with Gasteiger partial charge in [-0.1, -0.05) is 47.0 Å². The Bertz CT molecular complexity index is 123. The van der Waals surface area contributed by atoms with Crippen LogP contribution < -0.4 is 0 Å². The molecule has 0 bridgehead atoms. The fraction of sp³-hybridized carbons (Fsp3) is 0.750. The van der Waals surface area contributed by atoms with Crippen LogP contribution in [0.4, 0.5) is 0 Å². The van der Waals surface area contributed by atoms with Gasteiger partial charge < -0.3 is 19.1 Å². The molecule has 3 heteroatoms. The van der Waals surface area contributed by atoms with Crippen molar-refractivity contribution in [3.63, 3.8) is 0 Å². The normalized spacial score (nSPS) is 9.27. The van der Waals surface area contributed by atoms with Crippen LogP contribution in [-0.4, -0.2) is 6.29 Å². The van der Waals surface area contributed by atoms with Gasteiger partial charge in [0, 0.05) is 21.1 Å². The molecular weight excluding hydrogens is 582 g/mol. The first-order chi connectivity index (χ1) is 5.12. The van der Waals surface area contributed by atoms with Crippen molar-refractivity contribution in [2.75, 3.05) is 0 Å². The standard InChI is InChI=1S/C6H13.C5H9O.CH3.U.W/c1-5-6(2,3)4;1-5(2,3)4-6;;;/h1,5H2,2-4H3;1-3H3;1H3;;/q3*-1;+2;. The van der Waals surface area contributed by atoms with Gasteiger partial charge in [0.25, 0.3) is 0 Å². The molecular formula is C12H25OUW-. The second-order valence-corrected chi connectivity index (χ2v) is 5.16. The van der Waals surface area contributed by atoms with Crippen LogP contribution in [0.2, 0.25) is 0 Å². The van der Waals surface area contributed by atoms with Gasteiger partial charge in [-0.15, -0.1) is 5.41 Å². The van der Waals surface area contributed by atoms with Crippen LogP contribution in [-0.2, 0) is 25.9 Å². The van der Waals surface area contributed by atoms with Crippen LogP contribution >= 0.6 is 0 Å². The Balaban J connectivity index is -0.0000000370. The third kappa shape index (κ3) is 50.5. The molecule has 0 aromatic carbocycles. The molecule has 0 aromatic rings. The molecule has 1 nitrogen and oxygen atoms in total. The predicted molar refractivity (Wildman–Crippen MR) is 61.0 cm³/mol. The minimum Gasteiger partial charge on any atom is -0.541 e. The summed E-state index contributed by atoms with van der Waals surface area (Å²) in [4.78, 5) is 9.70. The molecule has 0 saturated carbocycles. The summed E-state index contributed by atoms with van der Waals surface area (Å²) >= 11 is 0. The molecule has 90 valence electrons. The summed E-state index contributed by atoms with van der Waals surface area (Å²) in [5.41, 5.74) is 0.167. The van der Waals surface area contributed by atoms with Gasteiger partial charge in [0.1, 0.15) is 0 Å². The summed E-state index contributed by atoms with van der Waals surface area (Å²) in [5.74, 6) is 0. The number of rotatable bonds is 0. The predicted octanol–water partition coefficient (Wildman–Crippen LogP) is 3.85. The van der Waals surface area contributed by atoms with E-state index in [2.05, 4.69) is 27.7 Å². The second-order valence-electron chi connectivity index (χ2n) is 5.16. The van der Waals surface area contributed by atoms with Crippen molar-refractivity contribution in [1.82, 2.24) is 0 Å². The fourth-order valence-electron chi connectivity index (χ4n) is 0. The van der Waals surface area contributed by atoms with E-state index in [0.29, 0.717) is 5.41 Å². The van der Waals surface area contributed by atoms with Crippen molar-refractivity contribution in [1.29, 1.82) is 0 Å². The van der Waals surface area contributed by atoms with Gasteiger partial charge in [0.05, 0.1) is 0 Å². The Hall–Kier alpha value is 1.41. The summed E-state index contributed by atoms with van der Waals surface area (Å²) in [7, 11) is 0. The third-order valence-corrected chi connectivity index (χ3v) is 1.06. The average Bonchev–Trinajstić information content (AvgIpc) is 1.86. The van der Waals surface area contributed by atoms with Crippen LogP contribution in [0.25, 0.3) is 0 Å². The molecule has 0 saturated heterocycles. The van der Waals surface area contributed by atoms with E-state index < -0.39 is 0 Å². The zero-order valence-corrected chi connectivity index (χ0v) is 18.3. The maximum absolute atomic E-state index is 9.70. The van der Waals surface area contributed by atoms with Crippen molar-refractivity contribution in [2.45, 2.75) is 48.0 Å². The van der Waals surface area contributed by atoms with Gasteiger partial charge >= 0.3 is 31.1 Å². The molecule has 0 amide bonds. The van der Waals surface area contributed by atoms with Crippen LogP contribution in [0.5, 0.6) is 0 Å². The Kier molecular flexibility index (Phi) is 26.9. The minimum absolute atomic E-state index is 0. The van der Waals surface area contributed by atoms with Crippen LogP contribution in [0.3, 0.4) is 0 Å². The molecule has 0 spiro atoms. The Morgan fingerprint density at radius 3 is 1.20 bits per heavy atom. The summed E-state index contributed by atoms with van der Waals surface area (Å²) < 4.78 is 0. The number of hydrogen-bond acceptors (Lipinski definition) is 1. The summed E-state index contributed by atoms with van der Waals surface area (Å²) in [6.45, 7) is 15.8. The van der Waals surface area contributed by atoms with Gasteiger partial charge in [0.15, 0.2) is 0 Å². The monoisotopic (exact) mass is 607 g/mol. The van der Waals surface area contributed by atoms with E-state index in [1.54, 1.807) is 0 Å². The van der Waals surface area contributed by atoms with Gasteiger partial charge in [-0.05, 0) is 0 Å². The summed E-state index contributed by atoms with van der Waals surface area (Å²) in [6, 6.07) is 0. The molecule has 0 fully saturated rings. The van der Waals surface area contributed by atoms with E-state index in [1.807, 2.05) is 27.1 Å². The van der Waals surface area contributed by atoms with Crippen molar-refractivity contribution >= 4 is 6.29 Å². The van der Waals surface area contributed by atoms with Crippen molar-refractivity contribution in [2.24, 2.45) is 10.8 Å². The molecule has 0 aliphatic rings. The molecule has 0 atom stereocenters. The first-order valence-corrected chi connectivity index (χ1v) is 4.31. The van der Waals surface area contributed by atoms with E-state index >= 15 is 0 Å². The molecule has 0 aromatic heterocycles. The molecule has 0 rings (SSSR count). The van der Waals surface area contributed by atoms with E-state index in [1.165, 1.54) is 0 Å². The summed E-state index contributed by atoms with van der Waals surface area (Å²) in [6.07, 6.45) is 2.88. The maximum atomic E-state index is 9.70. The third-order valence-electron chi connectivity index (χ3n) is 1.06. The Morgan fingerprint density at radius 2 is 1.20 bits per heavy atom. The molecule has 0 unspecified atom stereocenters. The topological polar surface area (TPSA) is 17.1 Å². The second kappa shape index (κ2) is 13.5. The van der Waals surface area contributed by atoms with Crippen LogP contribution in [0.1, 0.15) is 48.0 Å². The van der Waals surface area contributed by atoms with Gasteiger partial charge in [-0.25, -0.2) is 0 Å². The van der Waals surface area contributed by atoms with E-state index in [0.717, 1.165) is 6.42 Å². The fourth-order valence-corrected chi connectivity index (χ4v) is 0. The smallest absolute Gasteiger partial charge is 0.541 e. The largest absolute Gasteiger partial charge is 2.00 e. The van der Waals surface area contributed by atoms with Crippen molar-refractivity contribution in [3.8, 4) is 0 Å². The molecule has 0 aliphatic heterocycles. The van der Waals surface area contributed by atoms with Crippen molar-refractivity contribution < 1.29 is 57.0 Å². The zero-order chi connectivity index (χ0) is 10.4. The molecule has 0 radical (unpaired) electrons. The van der Waals surface area contributed by atoms with E-state index in [-0.39, 0.29) is 65.0 Å². The number of carbonyl (C=O) groups excluding carboxylic acids is 1. The molecule has 0 aliphatic carbocycles. The van der Waals surface area contributed by atoms with Crippen LogP contribution in [0.15, 0.2) is 0 Å². The summed E-state index contributed by atoms with van der Waals surface area (Å²) in [5, 5.41) is 0. The first-order valence-electron chi connectivity index (χ1n) is 4.31. The first kappa shape index (κ1) is 29.9. The van der Waals surface area contributed by atoms with E-state index in [9.17, 15) is 4.79 Å². The van der Waals surface area contributed by atoms with Gasteiger partial charge in [0.2, 0.25) is 0 Å². The molecule has 0 heterocycles. The van der Waals surface area contributed by atoms with Gasteiger partial charge in [-0.2, -0.15) is 6.42 Å². The van der Waals surface area contributed by atoms with E-state index in [4.69, 9.17) is 0 Å². The number of hydrogen-bond donors (Lipinski definition) is 0. The molecule has 15 heavy (non-hydrogen) atoms. The minimum atomic E-state index is -0.264. The Morgan fingerprint density at radius 1 is 1.07 bits per heavy atom.